The lowest BCUT2D eigenvalue weighted by Crippen LogP contribution is -2.50. The number of carbonyl (C=O) groups is 6. The van der Waals surface area contributed by atoms with Gasteiger partial charge in [0.1, 0.15) is 25.4 Å². The zero-order valence-electron chi connectivity index (χ0n) is 25.7. The van der Waals surface area contributed by atoms with Crippen molar-refractivity contribution < 1.29 is 47.7 Å². The Morgan fingerprint density at radius 1 is 0.643 bits per heavy atom. The van der Waals surface area contributed by atoms with Gasteiger partial charge in [-0.1, -0.05) is 65.2 Å². The molecule has 0 bridgehead atoms. The van der Waals surface area contributed by atoms with E-state index in [2.05, 4.69) is 24.5 Å². The lowest BCUT2D eigenvalue weighted by atomic mass is 10.0. The molecule has 12 heteroatoms. The first-order valence-electron chi connectivity index (χ1n) is 15.3. The summed E-state index contributed by atoms with van der Waals surface area (Å²) in [5, 5.41) is 5.09. The zero-order valence-corrected chi connectivity index (χ0v) is 25.7. The molecule has 0 aliphatic carbocycles. The predicted molar refractivity (Wildman–Crippen MR) is 153 cm³/mol. The standard InChI is InChI=1S/C30H50N2O10/c1-5-7-9-11-13-15-23-17-27(35)31-26(20-40-22(4)34)30(38)42-24(16-14-12-10-8-6-2)18-28(36)32-25(29(37)41-23)19-39-21(3)33/h23-26H,5-20H2,1-4H3,(H,31,35)(H,32,36)/t23-,24-,25+,26+/m1/s1. The average molecular weight is 599 g/mol. The minimum Gasteiger partial charge on any atom is -0.463 e. The number of cyclic esters (lactones) is 2. The van der Waals surface area contributed by atoms with E-state index < -0.39 is 73.2 Å². The van der Waals surface area contributed by atoms with Gasteiger partial charge in [0.2, 0.25) is 11.8 Å². The third-order valence-corrected chi connectivity index (χ3v) is 6.80. The number of hydrogen-bond donors (Lipinski definition) is 2. The van der Waals surface area contributed by atoms with Gasteiger partial charge in [-0.15, -0.1) is 0 Å². The number of nitrogens with one attached hydrogen (secondary N) is 2. The molecule has 0 aromatic heterocycles. The molecule has 12 nitrogen and oxygen atoms in total. The molecule has 1 aliphatic heterocycles. The number of ether oxygens (including phenoxy) is 4. The maximum atomic E-state index is 13.1. The van der Waals surface area contributed by atoms with Crippen molar-refractivity contribution >= 4 is 35.7 Å². The van der Waals surface area contributed by atoms with Crippen molar-refractivity contribution in [3.63, 3.8) is 0 Å². The van der Waals surface area contributed by atoms with Crippen LogP contribution in [0.25, 0.3) is 0 Å². The van der Waals surface area contributed by atoms with E-state index in [9.17, 15) is 28.8 Å². The summed E-state index contributed by atoms with van der Waals surface area (Å²) < 4.78 is 21.3. The van der Waals surface area contributed by atoms with E-state index in [1.807, 2.05) is 0 Å². The average Bonchev–Trinajstić information content (AvgIpc) is 2.91. The van der Waals surface area contributed by atoms with Crippen LogP contribution < -0.4 is 10.6 Å². The van der Waals surface area contributed by atoms with E-state index in [4.69, 9.17) is 18.9 Å². The monoisotopic (exact) mass is 598 g/mol. The molecule has 42 heavy (non-hydrogen) atoms. The van der Waals surface area contributed by atoms with Gasteiger partial charge < -0.3 is 29.6 Å². The number of amides is 2. The Morgan fingerprint density at radius 3 is 1.33 bits per heavy atom. The molecule has 1 saturated heterocycles. The summed E-state index contributed by atoms with van der Waals surface area (Å²) in [5.41, 5.74) is 0. The molecule has 1 aliphatic rings. The highest BCUT2D eigenvalue weighted by Gasteiger charge is 2.32. The zero-order chi connectivity index (χ0) is 31.3. The van der Waals surface area contributed by atoms with Crippen molar-refractivity contribution in [3.8, 4) is 0 Å². The molecule has 240 valence electrons. The quantitative estimate of drug-likeness (QED) is 0.153. The minimum atomic E-state index is -1.30. The Balaban J connectivity index is 3.20. The second kappa shape index (κ2) is 21.5. The number of unbranched alkanes of at least 4 members (excludes halogenated alkanes) is 8. The predicted octanol–water partition coefficient (Wildman–Crippen LogP) is 3.42. The summed E-state index contributed by atoms with van der Waals surface area (Å²) in [6.07, 6.45) is 7.81. The third kappa shape index (κ3) is 16.9. The molecule has 4 atom stereocenters. The highest BCUT2D eigenvalue weighted by atomic mass is 16.6. The first kappa shape index (κ1) is 36.8. The maximum absolute atomic E-state index is 13.1. The first-order chi connectivity index (χ1) is 20.0. The Morgan fingerprint density at radius 2 is 1.00 bits per heavy atom. The van der Waals surface area contributed by atoms with E-state index in [1.165, 1.54) is 13.8 Å². The Kier molecular flexibility index (Phi) is 18.9. The molecular formula is C30H50N2O10. The molecule has 1 rings (SSSR count). The van der Waals surface area contributed by atoms with Crippen LogP contribution in [0.1, 0.15) is 118 Å². The number of esters is 4. The van der Waals surface area contributed by atoms with Crippen LogP contribution in [0.15, 0.2) is 0 Å². The van der Waals surface area contributed by atoms with Crippen LogP contribution in [-0.2, 0) is 47.7 Å². The van der Waals surface area contributed by atoms with E-state index in [0.29, 0.717) is 25.7 Å². The lowest BCUT2D eigenvalue weighted by Gasteiger charge is -2.26. The van der Waals surface area contributed by atoms with Gasteiger partial charge in [0.25, 0.3) is 0 Å². The fourth-order valence-corrected chi connectivity index (χ4v) is 4.51. The van der Waals surface area contributed by atoms with Gasteiger partial charge >= 0.3 is 23.9 Å². The molecule has 1 heterocycles. The van der Waals surface area contributed by atoms with Crippen LogP contribution in [0.4, 0.5) is 0 Å². The molecule has 0 aromatic carbocycles. The molecule has 2 N–H and O–H groups in total. The van der Waals surface area contributed by atoms with Crippen LogP contribution in [0.3, 0.4) is 0 Å². The van der Waals surface area contributed by atoms with Crippen molar-refractivity contribution in [3.05, 3.63) is 0 Å². The van der Waals surface area contributed by atoms with Gasteiger partial charge in [-0.3, -0.25) is 19.2 Å². The highest BCUT2D eigenvalue weighted by Crippen LogP contribution is 2.17. The highest BCUT2D eigenvalue weighted by molar-refractivity contribution is 5.87. The van der Waals surface area contributed by atoms with Crippen LogP contribution in [-0.4, -0.2) is 73.2 Å². The number of carbonyl (C=O) groups excluding carboxylic acids is 6. The van der Waals surface area contributed by atoms with Crippen molar-refractivity contribution in [1.29, 1.82) is 0 Å². The largest absolute Gasteiger partial charge is 0.463 e. The molecule has 0 aromatic rings. The van der Waals surface area contributed by atoms with Gasteiger partial charge in [0, 0.05) is 13.8 Å². The third-order valence-electron chi connectivity index (χ3n) is 6.80. The maximum Gasteiger partial charge on any atom is 0.332 e. The molecular weight excluding hydrogens is 548 g/mol. The fraction of sp³-hybridized carbons (Fsp3) is 0.800. The molecule has 0 radical (unpaired) electrons. The second-order valence-electron chi connectivity index (χ2n) is 10.8. The van der Waals surface area contributed by atoms with Gasteiger partial charge in [-0.2, -0.15) is 0 Å². The molecule has 0 saturated carbocycles. The van der Waals surface area contributed by atoms with Crippen molar-refractivity contribution in [2.45, 2.75) is 142 Å². The lowest BCUT2D eigenvalue weighted by molar-refractivity contribution is -0.163. The minimum absolute atomic E-state index is 0.265. The van der Waals surface area contributed by atoms with Crippen molar-refractivity contribution in [1.82, 2.24) is 10.6 Å². The summed E-state index contributed by atoms with van der Waals surface area (Å²) in [5.74, 6) is -4.13. The normalized spacial score (nSPS) is 22.2. The fourth-order valence-electron chi connectivity index (χ4n) is 4.51. The van der Waals surface area contributed by atoms with Crippen molar-refractivity contribution in [2.75, 3.05) is 13.2 Å². The van der Waals surface area contributed by atoms with E-state index in [1.54, 1.807) is 0 Å². The number of hydrogen-bond acceptors (Lipinski definition) is 10. The molecule has 2 amide bonds. The van der Waals surface area contributed by atoms with Gasteiger partial charge in [0.05, 0.1) is 12.8 Å². The van der Waals surface area contributed by atoms with Crippen LogP contribution in [0, 0.1) is 0 Å². The second-order valence-corrected chi connectivity index (χ2v) is 10.8. The van der Waals surface area contributed by atoms with Crippen LogP contribution >= 0.6 is 0 Å². The summed E-state index contributed by atoms with van der Waals surface area (Å²) in [6.45, 7) is 5.66. The Bertz CT molecular complexity index is 808. The summed E-state index contributed by atoms with van der Waals surface area (Å²) in [4.78, 5) is 75.2. The topological polar surface area (TPSA) is 163 Å². The van der Waals surface area contributed by atoms with Crippen LogP contribution in [0.2, 0.25) is 0 Å². The van der Waals surface area contributed by atoms with Gasteiger partial charge in [-0.05, 0) is 25.7 Å². The van der Waals surface area contributed by atoms with Gasteiger partial charge in [-0.25, -0.2) is 9.59 Å². The Labute approximate surface area is 249 Å². The Hall–Kier alpha value is -3.18. The van der Waals surface area contributed by atoms with E-state index in [0.717, 1.165) is 51.4 Å². The SMILES string of the molecule is CCCCCCC[C@@H]1CC(=O)N[C@@H](COC(C)=O)C(=O)O[C@H](CCCCCCC)CC(=O)N[C@@H](COC(C)=O)C(=O)O1. The van der Waals surface area contributed by atoms with Crippen molar-refractivity contribution in [2.24, 2.45) is 0 Å². The van der Waals surface area contributed by atoms with Crippen LogP contribution in [0.5, 0.6) is 0 Å². The molecule has 0 spiro atoms. The molecule has 0 unspecified atom stereocenters. The number of rotatable bonds is 16. The summed E-state index contributed by atoms with van der Waals surface area (Å²) in [6, 6.07) is -2.60. The van der Waals surface area contributed by atoms with Gasteiger partial charge in [0.15, 0.2) is 12.1 Å². The smallest absolute Gasteiger partial charge is 0.332 e. The molecule has 1 fully saturated rings. The summed E-state index contributed by atoms with van der Waals surface area (Å²) >= 11 is 0. The first-order valence-corrected chi connectivity index (χ1v) is 15.3. The van der Waals surface area contributed by atoms with E-state index >= 15 is 0 Å². The summed E-state index contributed by atoms with van der Waals surface area (Å²) in [7, 11) is 0. The van der Waals surface area contributed by atoms with E-state index in [-0.39, 0.29) is 12.8 Å².